The standard InChI is InChI=1S/C12H27O4P.2ClH.Co/c1-4-7-10-14-17(13,15-11-8-5-2)16-12-9-6-3;;;/h4-12H2,1-3H3;2*1H;/q;;;+2/p-2. The fourth-order valence-electron chi connectivity index (χ4n) is 1.07. The molecule has 20 heavy (non-hydrogen) atoms. The summed E-state index contributed by atoms with van der Waals surface area (Å²) in [5, 5.41) is 0. The van der Waals surface area contributed by atoms with Gasteiger partial charge in [0.15, 0.2) is 0 Å². The molecule has 0 aromatic carbocycles. The van der Waals surface area contributed by atoms with Crippen molar-refractivity contribution in [3.63, 3.8) is 0 Å². The molecule has 0 aliphatic rings. The summed E-state index contributed by atoms with van der Waals surface area (Å²) >= 11 is 0.382. The number of phosphoric ester groups is 1. The maximum absolute atomic E-state index is 12.2. The van der Waals surface area contributed by atoms with Gasteiger partial charge in [-0.25, -0.2) is 4.57 Å². The Morgan fingerprint density at radius 2 is 1.05 bits per heavy atom. The molecule has 0 saturated heterocycles. The molecule has 8 heteroatoms. The van der Waals surface area contributed by atoms with Crippen molar-refractivity contribution in [3.05, 3.63) is 0 Å². The van der Waals surface area contributed by atoms with E-state index in [1.807, 2.05) is 0 Å². The van der Waals surface area contributed by atoms with Gasteiger partial charge in [0.25, 0.3) is 0 Å². The second kappa shape index (κ2) is 18.2. The fourth-order valence-corrected chi connectivity index (χ4v) is 2.36. The van der Waals surface area contributed by atoms with Crippen LogP contribution in [0.4, 0.5) is 0 Å². The first-order chi connectivity index (χ1) is 9.60. The summed E-state index contributed by atoms with van der Waals surface area (Å²) in [5.41, 5.74) is 0. The normalized spacial score (nSPS) is 11.2. The number of hydrogen-bond donors (Lipinski definition) is 0. The van der Waals surface area contributed by atoms with Crippen LogP contribution in [0, 0.1) is 0 Å². The van der Waals surface area contributed by atoms with Crippen molar-refractivity contribution in [3.8, 4) is 0 Å². The summed E-state index contributed by atoms with van der Waals surface area (Å²) in [6.07, 6.45) is 5.63. The molecule has 0 bridgehead atoms. The molecule has 0 unspecified atom stereocenters. The summed E-state index contributed by atoms with van der Waals surface area (Å²) in [7, 11) is 6.16. The number of phosphoric acid groups is 1. The van der Waals surface area contributed by atoms with E-state index in [1.165, 1.54) is 0 Å². The van der Waals surface area contributed by atoms with Gasteiger partial charge in [-0.3, -0.25) is 13.6 Å². The van der Waals surface area contributed by atoms with Crippen LogP contribution in [0.15, 0.2) is 0 Å². The monoisotopic (exact) mass is 395 g/mol. The molecule has 0 aliphatic heterocycles. The average Bonchev–Trinajstić information content (AvgIpc) is 2.41. The minimum atomic E-state index is -3.31. The van der Waals surface area contributed by atoms with Crippen LogP contribution in [0.2, 0.25) is 0 Å². The molecule has 0 amide bonds. The topological polar surface area (TPSA) is 44.8 Å². The van der Waals surface area contributed by atoms with Crippen molar-refractivity contribution >= 4 is 28.1 Å². The van der Waals surface area contributed by atoms with E-state index in [-0.39, 0.29) is 0 Å². The van der Waals surface area contributed by atoms with E-state index in [9.17, 15) is 4.57 Å². The third-order valence-corrected chi connectivity index (χ3v) is 3.74. The molecule has 0 rings (SSSR count). The van der Waals surface area contributed by atoms with Gasteiger partial charge < -0.3 is 0 Å². The Hall–Kier alpha value is 1.20. The number of rotatable bonds is 12. The second-order valence-electron chi connectivity index (χ2n) is 4.06. The van der Waals surface area contributed by atoms with Crippen LogP contribution in [0.5, 0.6) is 0 Å². The molecular weight excluding hydrogens is 369 g/mol. The van der Waals surface area contributed by atoms with E-state index < -0.39 is 7.82 Å². The zero-order chi connectivity index (χ0) is 15.7. The molecule has 127 valence electrons. The van der Waals surface area contributed by atoms with Gasteiger partial charge in [-0.1, -0.05) is 40.0 Å². The predicted octanol–water partition coefficient (Wildman–Crippen LogP) is 5.92. The zero-order valence-electron chi connectivity index (χ0n) is 12.5. The number of halogens is 2. The second-order valence-corrected chi connectivity index (χ2v) is 7.44. The Balaban J connectivity index is 0. The summed E-state index contributed by atoms with van der Waals surface area (Å²) in [4.78, 5) is 0. The van der Waals surface area contributed by atoms with Crippen LogP contribution in [0.25, 0.3) is 0 Å². The van der Waals surface area contributed by atoms with Gasteiger partial charge in [-0.2, -0.15) is 0 Å². The molecule has 0 aromatic heterocycles. The van der Waals surface area contributed by atoms with E-state index in [2.05, 4.69) is 20.8 Å². The van der Waals surface area contributed by atoms with Crippen molar-refractivity contribution in [2.75, 3.05) is 19.8 Å². The molecule has 0 N–H and O–H groups in total. The van der Waals surface area contributed by atoms with Crippen molar-refractivity contribution in [2.45, 2.75) is 59.3 Å². The molecule has 0 spiro atoms. The van der Waals surface area contributed by atoms with Crippen LogP contribution in [-0.2, 0) is 31.0 Å². The third kappa shape index (κ3) is 17.2. The molecule has 0 atom stereocenters. The zero-order valence-corrected chi connectivity index (χ0v) is 16.0. The molecule has 4 nitrogen and oxygen atoms in total. The van der Waals surface area contributed by atoms with Crippen LogP contribution in [-0.4, -0.2) is 19.8 Å². The van der Waals surface area contributed by atoms with E-state index in [0.29, 0.717) is 32.7 Å². The summed E-state index contributed by atoms with van der Waals surface area (Å²) < 4.78 is 28.0. The fraction of sp³-hybridized carbons (Fsp3) is 1.00. The average molecular weight is 396 g/mol. The van der Waals surface area contributed by atoms with Gasteiger partial charge >= 0.3 is 41.0 Å². The van der Waals surface area contributed by atoms with E-state index in [4.69, 9.17) is 33.9 Å². The summed E-state index contributed by atoms with van der Waals surface area (Å²) in [5.74, 6) is 0. The van der Waals surface area contributed by atoms with E-state index in [0.717, 1.165) is 38.5 Å². The van der Waals surface area contributed by atoms with Crippen molar-refractivity contribution in [2.24, 2.45) is 0 Å². The first kappa shape index (κ1) is 23.5. The molecule has 0 aromatic rings. The van der Waals surface area contributed by atoms with E-state index >= 15 is 0 Å². The van der Waals surface area contributed by atoms with Gasteiger partial charge in [-0.05, 0) is 19.3 Å². The van der Waals surface area contributed by atoms with Crippen LogP contribution in [0.3, 0.4) is 0 Å². The summed E-state index contributed by atoms with van der Waals surface area (Å²) in [6.45, 7) is 7.49. The van der Waals surface area contributed by atoms with Gasteiger partial charge in [-0.15, -0.1) is 0 Å². The Kier molecular flexibility index (Phi) is 21.4. The molecular formula is C12H27Cl2CoO4P. The molecule has 0 saturated carbocycles. The molecule has 0 aliphatic carbocycles. The first-order valence-corrected chi connectivity index (χ1v) is 11.3. The number of unbranched alkanes of at least 4 members (excludes halogenated alkanes) is 3. The molecule has 0 heterocycles. The van der Waals surface area contributed by atoms with Gasteiger partial charge in [0.2, 0.25) is 0 Å². The van der Waals surface area contributed by atoms with E-state index in [1.54, 1.807) is 0 Å². The quantitative estimate of drug-likeness (QED) is 0.303. The van der Waals surface area contributed by atoms with Crippen LogP contribution < -0.4 is 0 Å². The Labute approximate surface area is 138 Å². The SMILES string of the molecule is CCCCOP(=O)(OCCCC)OCCCC.[Cl][Co][Cl]. The van der Waals surface area contributed by atoms with Gasteiger partial charge in [0.1, 0.15) is 0 Å². The Morgan fingerprint density at radius 1 is 0.800 bits per heavy atom. The van der Waals surface area contributed by atoms with Crippen LogP contribution in [0.1, 0.15) is 59.3 Å². The van der Waals surface area contributed by atoms with Crippen molar-refractivity contribution in [1.29, 1.82) is 0 Å². The molecule has 0 fully saturated rings. The first-order valence-electron chi connectivity index (χ1n) is 6.97. The molecule has 0 radical (unpaired) electrons. The Morgan fingerprint density at radius 3 is 1.25 bits per heavy atom. The van der Waals surface area contributed by atoms with Gasteiger partial charge in [0, 0.05) is 0 Å². The minimum absolute atomic E-state index is 0.382. The third-order valence-electron chi connectivity index (χ3n) is 2.24. The van der Waals surface area contributed by atoms with Crippen LogP contribution >= 0.6 is 28.1 Å². The van der Waals surface area contributed by atoms with Crippen molar-refractivity contribution in [1.82, 2.24) is 0 Å². The summed E-state index contributed by atoms with van der Waals surface area (Å²) in [6, 6.07) is 0. The number of hydrogen-bond acceptors (Lipinski definition) is 4. The van der Waals surface area contributed by atoms with Crippen molar-refractivity contribution < 1.29 is 31.0 Å². The predicted molar refractivity (Wildman–Crippen MR) is 81.9 cm³/mol. The van der Waals surface area contributed by atoms with Gasteiger partial charge in [0.05, 0.1) is 19.8 Å². The Bertz CT molecular complexity index is 202. The maximum atomic E-state index is 12.2.